The highest BCUT2D eigenvalue weighted by Crippen LogP contribution is 2.28. The first-order chi connectivity index (χ1) is 7.72. The monoisotopic (exact) mass is 219 g/mol. The van der Waals surface area contributed by atoms with E-state index in [1.807, 2.05) is 6.07 Å². The Morgan fingerprint density at radius 1 is 1.31 bits per heavy atom. The molecule has 0 amide bonds. The van der Waals surface area contributed by atoms with Crippen molar-refractivity contribution in [2.75, 3.05) is 13.6 Å². The average molecular weight is 219 g/mol. The van der Waals surface area contributed by atoms with Gasteiger partial charge in [-0.3, -0.25) is 4.79 Å². The molecular formula is C13H17NO2. The largest absolute Gasteiger partial charge is 0.507 e. The van der Waals surface area contributed by atoms with Crippen molar-refractivity contribution in [3.63, 3.8) is 0 Å². The molecule has 86 valence electrons. The van der Waals surface area contributed by atoms with Crippen LogP contribution in [0, 0.1) is 0 Å². The fourth-order valence-corrected chi connectivity index (χ4v) is 2.25. The normalized spacial score (nSPS) is 14.6. The number of hydrogen-bond acceptors (Lipinski definition) is 3. The van der Waals surface area contributed by atoms with E-state index in [4.69, 9.17) is 0 Å². The molecule has 0 saturated heterocycles. The Hall–Kier alpha value is -1.35. The number of aryl methyl sites for hydroxylation is 2. The summed E-state index contributed by atoms with van der Waals surface area (Å²) < 4.78 is 0. The van der Waals surface area contributed by atoms with Gasteiger partial charge in [0.1, 0.15) is 5.75 Å². The maximum absolute atomic E-state index is 11.7. The summed E-state index contributed by atoms with van der Waals surface area (Å²) in [5.41, 5.74) is 2.88. The van der Waals surface area contributed by atoms with Gasteiger partial charge >= 0.3 is 0 Å². The van der Waals surface area contributed by atoms with Crippen LogP contribution < -0.4 is 5.32 Å². The predicted octanol–water partition coefficient (Wildman–Crippen LogP) is 1.67. The SMILES string of the molecule is CNCC(=O)c1cc2c(cc1O)CCCC2. The van der Waals surface area contributed by atoms with Gasteiger partial charge in [-0.25, -0.2) is 0 Å². The number of rotatable bonds is 3. The number of benzene rings is 1. The van der Waals surface area contributed by atoms with Crippen molar-refractivity contribution < 1.29 is 9.90 Å². The molecule has 1 aromatic carbocycles. The lowest BCUT2D eigenvalue weighted by molar-refractivity contribution is 0.0991. The average Bonchev–Trinajstić information content (AvgIpc) is 2.28. The summed E-state index contributed by atoms with van der Waals surface area (Å²) in [5, 5.41) is 12.6. The van der Waals surface area contributed by atoms with Crippen LogP contribution in [0.2, 0.25) is 0 Å². The molecule has 2 rings (SSSR count). The van der Waals surface area contributed by atoms with Gasteiger partial charge in [0.2, 0.25) is 0 Å². The molecule has 0 saturated carbocycles. The second-order valence-electron chi connectivity index (χ2n) is 4.30. The maximum atomic E-state index is 11.7. The number of fused-ring (bicyclic) bond motifs is 1. The summed E-state index contributed by atoms with van der Waals surface area (Å²) in [5.74, 6) is 0.0780. The molecule has 0 radical (unpaired) electrons. The number of aromatic hydroxyl groups is 1. The van der Waals surface area contributed by atoms with Gasteiger partial charge in [0.25, 0.3) is 0 Å². The van der Waals surface area contributed by atoms with Crippen LogP contribution in [0.1, 0.15) is 34.3 Å². The Morgan fingerprint density at radius 3 is 2.56 bits per heavy atom. The van der Waals surface area contributed by atoms with E-state index in [-0.39, 0.29) is 18.1 Å². The molecule has 1 aliphatic rings. The van der Waals surface area contributed by atoms with Crippen LogP contribution in [0.25, 0.3) is 0 Å². The summed E-state index contributed by atoms with van der Waals surface area (Å²) in [6.07, 6.45) is 4.40. The number of phenols is 1. The van der Waals surface area contributed by atoms with Crippen LogP contribution in [0.4, 0.5) is 0 Å². The van der Waals surface area contributed by atoms with E-state index < -0.39 is 0 Å². The first-order valence-corrected chi connectivity index (χ1v) is 5.75. The molecule has 0 aromatic heterocycles. The lowest BCUT2D eigenvalue weighted by Crippen LogP contribution is -2.19. The molecule has 0 unspecified atom stereocenters. The third-order valence-corrected chi connectivity index (χ3v) is 3.10. The van der Waals surface area contributed by atoms with E-state index >= 15 is 0 Å². The van der Waals surface area contributed by atoms with Crippen LogP contribution in [-0.4, -0.2) is 24.5 Å². The molecule has 0 spiro atoms. The number of Topliss-reactive ketones (excluding diaryl/α,β-unsaturated/α-hetero) is 1. The number of nitrogens with one attached hydrogen (secondary N) is 1. The Morgan fingerprint density at radius 2 is 1.94 bits per heavy atom. The van der Waals surface area contributed by atoms with Crippen LogP contribution in [0.15, 0.2) is 12.1 Å². The molecule has 0 fully saturated rings. The molecule has 0 heterocycles. The number of likely N-dealkylation sites (N-methyl/N-ethyl adjacent to an activating group) is 1. The highest BCUT2D eigenvalue weighted by molar-refractivity contribution is 6.00. The van der Waals surface area contributed by atoms with Crippen molar-refractivity contribution >= 4 is 5.78 Å². The zero-order chi connectivity index (χ0) is 11.5. The highest BCUT2D eigenvalue weighted by atomic mass is 16.3. The van der Waals surface area contributed by atoms with Crippen LogP contribution >= 0.6 is 0 Å². The third-order valence-electron chi connectivity index (χ3n) is 3.10. The molecule has 1 aromatic rings. The minimum Gasteiger partial charge on any atom is -0.507 e. The fraction of sp³-hybridized carbons (Fsp3) is 0.462. The van der Waals surface area contributed by atoms with Gasteiger partial charge in [0.15, 0.2) is 5.78 Å². The van der Waals surface area contributed by atoms with E-state index in [0.717, 1.165) is 12.8 Å². The minimum atomic E-state index is -0.0478. The van der Waals surface area contributed by atoms with Crippen molar-refractivity contribution in [1.29, 1.82) is 0 Å². The molecule has 0 bridgehead atoms. The lowest BCUT2D eigenvalue weighted by atomic mass is 9.89. The second kappa shape index (κ2) is 4.66. The Labute approximate surface area is 95.5 Å². The predicted molar refractivity (Wildman–Crippen MR) is 63.0 cm³/mol. The standard InChI is InChI=1S/C13H17NO2/c1-14-8-13(16)11-6-9-4-2-3-5-10(9)7-12(11)15/h6-7,14-15H,2-5,8H2,1H3. The lowest BCUT2D eigenvalue weighted by Gasteiger charge is -2.17. The Kier molecular flexibility index (Phi) is 3.25. The molecule has 0 atom stereocenters. The molecule has 0 aliphatic heterocycles. The maximum Gasteiger partial charge on any atom is 0.180 e. The van der Waals surface area contributed by atoms with E-state index in [1.54, 1.807) is 13.1 Å². The Bertz CT molecular complexity index is 413. The smallest absolute Gasteiger partial charge is 0.180 e. The van der Waals surface area contributed by atoms with Gasteiger partial charge in [-0.15, -0.1) is 0 Å². The summed E-state index contributed by atoms with van der Waals surface area (Å²) in [4.78, 5) is 11.7. The fourth-order valence-electron chi connectivity index (χ4n) is 2.25. The van der Waals surface area contributed by atoms with E-state index in [9.17, 15) is 9.90 Å². The zero-order valence-electron chi connectivity index (χ0n) is 9.55. The van der Waals surface area contributed by atoms with Crippen LogP contribution in [0.3, 0.4) is 0 Å². The summed E-state index contributed by atoms with van der Waals surface area (Å²) in [7, 11) is 1.73. The first kappa shape index (κ1) is 11.1. The van der Waals surface area contributed by atoms with Crippen molar-refractivity contribution in [3.05, 3.63) is 28.8 Å². The number of phenolic OH excluding ortho intramolecular Hbond substituents is 1. The van der Waals surface area contributed by atoms with Gasteiger partial charge in [0.05, 0.1) is 12.1 Å². The van der Waals surface area contributed by atoms with E-state index in [2.05, 4.69) is 5.32 Å². The van der Waals surface area contributed by atoms with Gasteiger partial charge < -0.3 is 10.4 Å². The molecule has 3 nitrogen and oxygen atoms in total. The second-order valence-corrected chi connectivity index (χ2v) is 4.30. The van der Waals surface area contributed by atoms with Crippen molar-refractivity contribution in [2.24, 2.45) is 0 Å². The van der Waals surface area contributed by atoms with Gasteiger partial charge in [-0.2, -0.15) is 0 Å². The number of hydrogen-bond donors (Lipinski definition) is 2. The van der Waals surface area contributed by atoms with E-state index in [1.165, 1.54) is 24.0 Å². The molecular weight excluding hydrogens is 202 g/mol. The first-order valence-electron chi connectivity index (χ1n) is 5.75. The van der Waals surface area contributed by atoms with Crippen molar-refractivity contribution in [1.82, 2.24) is 5.32 Å². The van der Waals surface area contributed by atoms with Crippen molar-refractivity contribution in [2.45, 2.75) is 25.7 Å². The van der Waals surface area contributed by atoms with Gasteiger partial charge in [-0.1, -0.05) is 0 Å². The summed E-state index contributed by atoms with van der Waals surface area (Å²) in [6, 6.07) is 3.63. The van der Waals surface area contributed by atoms with Gasteiger partial charge in [0, 0.05) is 0 Å². The minimum absolute atomic E-state index is 0.0478. The van der Waals surface area contributed by atoms with Gasteiger partial charge in [-0.05, 0) is 56.0 Å². The molecule has 2 N–H and O–H groups in total. The number of ketones is 1. The van der Waals surface area contributed by atoms with Crippen LogP contribution in [0.5, 0.6) is 5.75 Å². The molecule has 1 aliphatic carbocycles. The number of carbonyl (C=O) groups is 1. The van der Waals surface area contributed by atoms with Crippen molar-refractivity contribution in [3.8, 4) is 5.75 Å². The zero-order valence-corrected chi connectivity index (χ0v) is 9.55. The van der Waals surface area contributed by atoms with Crippen LogP contribution in [-0.2, 0) is 12.8 Å². The Balaban J connectivity index is 2.35. The highest BCUT2D eigenvalue weighted by Gasteiger charge is 2.16. The topological polar surface area (TPSA) is 49.3 Å². The number of carbonyl (C=O) groups excluding carboxylic acids is 1. The molecule has 16 heavy (non-hydrogen) atoms. The quantitative estimate of drug-likeness (QED) is 0.760. The molecule has 3 heteroatoms. The third kappa shape index (κ3) is 2.09. The van der Waals surface area contributed by atoms with E-state index in [0.29, 0.717) is 5.56 Å². The summed E-state index contributed by atoms with van der Waals surface area (Å²) >= 11 is 0. The summed E-state index contributed by atoms with van der Waals surface area (Å²) in [6.45, 7) is 0.270.